The first-order valence-corrected chi connectivity index (χ1v) is 5.15. The molecule has 2 rings (SSSR count). The molecule has 4 heteroatoms. The molecule has 1 aliphatic rings. The van der Waals surface area contributed by atoms with Crippen molar-refractivity contribution >= 4 is 5.82 Å². The van der Waals surface area contributed by atoms with E-state index >= 15 is 0 Å². The summed E-state index contributed by atoms with van der Waals surface area (Å²) in [5.41, 5.74) is -0.539. The van der Waals surface area contributed by atoms with Gasteiger partial charge in [-0.1, -0.05) is 6.92 Å². The summed E-state index contributed by atoms with van der Waals surface area (Å²) < 4.78 is 5.22. The summed E-state index contributed by atoms with van der Waals surface area (Å²) in [6.45, 7) is 3.26. The third-order valence-electron chi connectivity index (χ3n) is 2.90. The highest BCUT2D eigenvalue weighted by Crippen LogP contribution is 2.33. The maximum atomic E-state index is 9.90. The van der Waals surface area contributed by atoms with Gasteiger partial charge in [-0.25, -0.2) is 4.98 Å². The number of aromatic nitrogens is 1. The molecular formula is C11H16N2O2. The van der Waals surface area contributed by atoms with Gasteiger partial charge in [0, 0.05) is 6.20 Å². The zero-order valence-electron chi connectivity index (χ0n) is 9.10. The number of rotatable bonds is 3. The van der Waals surface area contributed by atoms with Gasteiger partial charge in [0.25, 0.3) is 0 Å². The van der Waals surface area contributed by atoms with Crippen LogP contribution < -0.4 is 9.64 Å². The molecule has 0 unspecified atom stereocenters. The molecule has 1 aliphatic heterocycles. The topological polar surface area (TPSA) is 45.6 Å². The number of aliphatic hydroxyl groups is 1. The SMILES string of the molecule is CCC1(O)CN(c2ncccc2OC)C1. The van der Waals surface area contributed by atoms with Gasteiger partial charge in [0.2, 0.25) is 0 Å². The molecule has 0 atom stereocenters. The highest BCUT2D eigenvalue weighted by molar-refractivity contribution is 5.55. The first-order chi connectivity index (χ1) is 7.18. The van der Waals surface area contributed by atoms with E-state index in [1.165, 1.54) is 0 Å². The summed E-state index contributed by atoms with van der Waals surface area (Å²) in [7, 11) is 1.63. The van der Waals surface area contributed by atoms with Crippen LogP contribution in [0.3, 0.4) is 0 Å². The summed E-state index contributed by atoms with van der Waals surface area (Å²) >= 11 is 0. The van der Waals surface area contributed by atoms with E-state index < -0.39 is 5.60 Å². The molecule has 0 aromatic carbocycles. The maximum Gasteiger partial charge on any atom is 0.171 e. The number of pyridine rings is 1. The number of hydrogen-bond acceptors (Lipinski definition) is 4. The van der Waals surface area contributed by atoms with Crippen molar-refractivity contribution in [2.75, 3.05) is 25.1 Å². The van der Waals surface area contributed by atoms with Gasteiger partial charge in [-0.3, -0.25) is 0 Å². The van der Waals surface area contributed by atoms with Crippen LogP contribution in [0.2, 0.25) is 0 Å². The molecule has 4 nitrogen and oxygen atoms in total. The van der Waals surface area contributed by atoms with Crippen LogP contribution in [0.1, 0.15) is 13.3 Å². The summed E-state index contributed by atoms with van der Waals surface area (Å²) in [4.78, 5) is 6.29. The van der Waals surface area contributed by atoms with Crippen LogP contribution in [0.25, 0.3) is 0 Å². The van der Waals surface area contributed by atoms with Crippen LogP contribution in [0.4, 0.5) is 5.82 Å². The van der Waals surface area contributed by atoms with E-state index in [-0.39, 0.29) is 0 Å². The Balaban J connectivity index is 2.13. The van der Waals surface area contributed by atoms with Gasteiger partial charge in [-0.2, -0.15) is 0 Å². The van der Waals surface area contributed by atoms with Crippen molar-refractivity contribution in [3.8, 4) is 5.75 Å². The molecule has 1 N–H and O–H groups in total. The number of ether oxygens (including phenoxy) is 1. The zero-order valence-corrected chi connectivity index (χ0v) is 9.10. The molecule has 0 amide bonds. The van der Waals surface area contributed by atoms with E-state index in [0.717, 1.165) is 18.0 Å². The Morgan fingerprint density at radius 1 is 1.60 bits per heavy atom. The van der Waals surface area contributed by atoms with E-state index in [1.54, 1.807) is 13.3 Å². The molecule has 0 spiro atoms. The fourth-order valence-electron chi connectivity index (χ4n) is 1.82. The van der Waals surface area contributed by atoms with Crippen LogP contribution in [-0.2, 0) is 0 Å². The van der Waals surface area contributed by atoms with Crippen molar-refractivity contribution in [1.29, 1.82) is 0 Å². The van der Waals surface area contributed by atoms with Crippen molar-refractivity contribution in [2.45, 2.75) is 18.9 Å². The molecule has 0 radical (unpaired) electrons. The number of nitrogens with zero attached hydrogens (tertiary/aromatic N) is 2. The lowest BCUT2D eigenvalue weighted by molar-refractivity contribution is 0.00783. The fourth-order valence-corrected chi connectivity index (χ4v) is 1.82. The second-order valence-corrected chi connectivity index (χ2v) is 3.96. The minimum absolute atomic E-state index is 0.539. The molecule has 0 aliphatic carbocycles. The Hall–Kier alpha value is -1.29. The molecule has 0 saturated carbocycles. The molecule has 1 aromatic rings. The predicted octanol–water partition coefficient (Wildman–Crippen LogP) is 1.05. The van der Waals surface area contributed by atoms with Crippen LogP contribution in [0.15, 0.2) is 18.3 Å². The van der Waals surface area contributed by atoms with Crippen LogP contribution in [0.5, 0.6) is 5.75 Å². The van der Waals surface area contributed by atoms with E-state index in [1.807, 2.05) is 24.0 Å². The van der Waals surface area contributed by atoms with Gasteiger partial charge in [0.15, 0.2) is 11.6 Å². The summed E-state index contributed by atoms with van der Waals surface area (Å²) in [5.74, 6) is 1.58. The minimum Gasteiger partial charge on any atom is -0.493 e. The molecule has 1 fully saturated rings. The first-order valence-electron chi connectivity index (χ1n) is 5.15. The Morgan fingerprint density at radius 3 is 2.93 bits per heavy atom. The lowest BCUT2D eigenvalue weighted by atomic mass is 9.91. The van der Waals surface area contributed by atoms with Gasteiger partial charge in [-0.05, 0) is 18.6 Å². The average molecular weight is 208 g/mol. The van der Waals surface area contributed by atoms with E-state index in [2.05, 4.69) is 4.98 Å². The lowest BCUT2D eigenvalue weighted by Crippen LogP contribution is -2.61. The van der Waals surface area contributed by atoms with Gasteiger partial charge in [0.05, 0.1) is 25.8 Å². The van der Waals surface area contributed by atoms with Gasteiger partial charge in [0.1, 0.15) is 0 Å². The van der Waals surface area contributed by atoms with Crippen LogP contribution in [-0.4, -0.2) is 35.9 Å². The van der Waals surface area contributed by atoms with Crippen molar-refractivity contribution in [3.63, 3.8) is 0 Å². The number of anilines is 1. The number of methoxy groups -OCH3 is 1. The third-order valence-corrected chi connectivity index (χ3v) is 2.90. The second-order valence-electron chi connectivity index (χ2n) is 3.96. The molecule has 0 bridgehead atoms. The highest BCUT2D eigenvalue weighted by atomic mass is 16.5. The largest absolute Gasteiger partial charge is 0.493 e. The van der Waals surface area contributed by atoms with Crippen LogP contribution in [0, 0.1) is 0 Å². The molecule has 15 heavy (non-hydrogen) atoms. The first kappa shape index (κ1) is 10.2. The Bertz CT molecular complexity index is 348. The van der Waals surface area contributed by atoms with Crippen molar-refractivity contribution in [1.82, 2.24) is 4.98 Å². The predicted molar refractivity (Wildman–Crippen MR) is 58.2 cm³/mol. The molecule has 2 heterocycles. The smallest absolute Gasteiger partial charge is 0.171 e. The van der Waals surface area contributed by atoms with Crippen molar-refractivity contribution in [2.24, 2.45) is 0 Å². The molecule has 82 valence electrons. The Kier molecular flexibility index (Phi) is 2.52. The summed E-state index contributed by atoms with van der Waals surface area (Å²) in [6, 6.07) is 3.72. The van der Waals surface area contributed by atoms with Crippen molar-refractivity contribution < 1.29 is 9.84 Å². The zero-order chi connectivity index (χ0) is 10.9. The van der Waals surface area contributed by atoms with Gasteiger partial charge >= 0.3 is 0 Å². The standard InChI is InChI=1S/C11H16N2O2/c1-3-11(14)7-13(8-11)10-9(15-2)5-4-6-12-10/h4-6,14H,3,7-8H2,1-2H3. The summed E-state index contributed by atoms with van der Waals surface area (Å²) in [5, 5.41) is 9.90. The molecular weight excluding hydrogens is 192 g/mol. The quantitative estimate of drug-likeness (QED) is 0.806. The van der Waals surface area contributed by atoms with Crippen LogP contribution >= 0.6 is 0 Å². The number of hydrogen-bond donors (Lipinski definition) is 1. The van der Waals surface area contributed by atoms with Crippen molar-refractivity contribution in [3.05, 3.63) is 18.3 Å². The highest BCUT2D eigenvalue weighted by Gasteiger charge is 2.40. The van der Waals surface area contributed by atoms with Gasteiger partial charge < -0.3 is 14.7 Å². The van der Waals surface area contributed by atoms with E-state index in [9.17, 15) is 5.11 Å². The molecule has 1 aromatic heterocycles. The Morgan fingerprint density at radius 2 is 2.33 bits per heavy atom. The maximum absolute atomic E-state index is 9.90. The van der Waals surface area contributed by atoms with E-state index in [0.29, 0.717) is 13.1 Å². The monoisotopic (exact) mass is 208 g/mol. The van der Waals surface area contributed by atoms with Gasteiger partial charge in [-0.15, -0.1) is 0 Å². The average Bonchev–Trinajstić information content (AvgIpc) is 2.25. The third kappa shape index (κ3) is 1.77. The second kappa shape index (κ2) is 3.70. The lowest BCUT2D eigenvalue weighted by Gasteiger charge is -2.47. The normalized spacial score (nSPS) is 18.5. The number of β-amino-alcohol motifs (C(OH)–C–C–N with tert-alkyl or cyclic N) is 1. The minimum atomic E-state index is -0.539. The van der Waals surface area contributed by atoms with E-state index in [4.69, 9.17) is 4.74 Å². The molecule has 1 saturated heterocycles. The fraction of sp³-hybridized carbons (Fsp3) is 0.545. The summed E-state index contributed by atoms with van der Waals surface area (Å²) in [6.07, 6.45) is 2.51. The Labute approximate surface area is 89.5 Å².